The molecular weight excluding hydrogens is 352 g/mol. The number of ether oxygens (including phenoxy) is 1. The Morgan fingerprint density at radius 2 is 1.96 bits per heavy atom. The monoisotopic (exact) mass is 384 g/mol. The molecule has 0 saturated carbocycles. The fourth-order valence-corrected chi connectivity index (χ4v) is 3.51. The van der Waals surface area contributed by atoms with Gasteiger partial charge in [0.05, 0.1) is 25.0 Å². The average molecular weight is 385 g/mol. The Kier molecular flexibility index (Phi) is 7.31. The molecule has 0 amide bonds. The highest BCUT2D eigenvalue weighted by Crippen LogP contribution is 2.14. The van der Waals surface area contributed by atoms with E-state index >= 15 is 0 Å². The summed E-state index contributed by atoms with van der Waals surface area (Å²) in [4.78, 5) is 6.91. The van der Waals surface area contributed by atoms with Gasteiger partial charge < -0.3 is 20.3 Å². The number of methoxy groups -OCH3 is 1. The molecule has 1 saturated heterocycles. The molecule has 28 heavy (non-hydrogen) atoms. The largest absolute Gasteiger partial charge is 0.497 e. The Morgan fingerprint density at radius 1 is 1.21 bits per heavy atom. The van der Waals surface area contributed by atoms with Crippen LogP contribution in [0.25, 0.3) is 5.69 Å². The van der Waals surface area contributed by atoms with Crippen LogP contribution in [0.1, 0.15) is 31.9 Å². The Bertz CT molecular complexity index is 747. The van der Waals surface area contributed by atoms with Gasteiger partial charge in [-0.1, -0.05) is 6.92 Å². The third kappa shape index (κ3) is 5.48. The molecule has 0 spiro atoms. The molecule has 7 heteroatoms. The first-order valence-electron chi connectivity index (χ1n) is 10.1. The topological polar surface area (TPSA) is 66.7 Å². The molecule has 2 heterocycles. The van der Waals surface area contributed by atoms with E-state index in [1.54, 1.807) is 7.11 Å². The van der Waals surface area contributed by atoms with E-state index in [-0.39, 0.29) is 0 Å². The molecule has 0 atom stereocenters. The van der Waals surface area contributed by atoms with Crippen molar-refractivity contribution in [2.24, 2.45) is 4.99 Å². The van der Waals surface area contributed by atoms with Crippen LogP contribution in [-0.2, 0) is 6.54 Å². The highest BCUT2D eigenvalue weighted by Gasteiger charge is 2.19. The molecule has 2 N–H and O–H groups in total. The number of aromatic nitrogens is 2. The Morgan fingerprint density at radius 3 is 2.61 bits per heavy atom. The van der Waals surface area contributed by atoms with E-state index in [2.05, 4.69) is 32.5 Å². The number of rotatable bonds is 7. The van der Waals surface area contributed by atoms with Gasteiger partial charge in [-0.2, -0.15) is 5.10 Å². The molecule has 1 aromatic heterocycles. The van der Waals surface area contributed by atoms with Crippen LogP contribution in [0.3, 0.4) is 0 Å². The molecule has 7 nitrogen and oxygen atoms in total. The molecule has 3 rings (SSSR count). The van der Waals surface area contributed by atoms with E-state index in [1.807, 2.05) is 48.3 Å². The van der Waals surface area contributed by atoms with Crippen molar-refractivity contribution in [2.45, 2.75) is 38.8 Å². The summed E-state index contributed by atoms with van der Waals surface area (Å²) >= 11 is 0. The van der Waals surface area contributed by atoms with Crippen LogP contribution in [-0.4, -0.2) is 60.5 Å². The summed E-state index contributed by atoms with van der Waals surface area (Å²) in [5, 5.41) is 11.6. The minimum atomic E-state index is 0.483. The first-order chi connectivity index (χ1) is 13.7. The zero-order valence-corrected chi connectivity index (χ0v) is 17.2. The Labute approximate surface area is 167 Å². The van der Waals surface area contributed by atoms with Gasteiger partial charge in [0.2, 0.25) is 0 Å². The second-order valence-corrected chi connectivity index (χ2v) is 7.14. The summed E-state index contributed by atoms with van der Waals surface area (Å²) in [7, 11) is 3.49. The molecule has 152 valence electrons. The lowest BCUT2D eigenvalue weighted by molar-refractivity contribution is 0.206. The SMILES string of the molecule is CCCN1CCC(NC(=NC)NCc2ccn(-c3ccc(OC)cc3)n2)CC1. The summed E-state index contributed by atoms with van der Waals surface area (Å²) in [6, 6.07) is 10.4. The Balaban J connectivity index is 1.48. The summed E-state index contributed by atoms with van der Waals surface area (Å²) in [5.74, 6) is 1.68. The van der Waals surface area contributed by atoms with Gasteiger partial charge in [0.25, 0.3) is 0 Å². The first-order valence-corrected chi connectivity index (χ1v) is 10.1. The molecular formula is C21H32N6O. The van der Waals surface area contributed by atoms with Crippen molar-refractivity contribution < 1.29 is 4.74 Å². The number of likely N-dealkylation sites (tertiary alicyclic amines) is 1. The number of benzene rings is 1. The number of guanidine groups is 1. The quantitative estimate of drug-likeness (QED) is 0.567. The summed E-state index contributed by atoms with van der Waals surface area (Å²) in [5.41, 5.74) is 1.98. The first kappa shape index (κ1) is 20.2. The smallest absolute Gasteiger partial charge is 0.191 e. The molecule has 0 radical (unpaired) electrons. The molecule has 0 bridgehead atoms. The second-order valence-electron chi connectivity index (χ2n) is 7.14. The van der Waals surface area contributed by atoms with Crippen LogP contribution >= 0.6 is 0 Å². The predicted octanol–water partition coefficient (Wildman–Crippen LogP) is 2.42. The van der Waals surface area contributed by atoms with E-state index in [0.717, 1.165) is 49.0 Å². The van der Waals surface area contributed by atoms with E-state index in [4.69, 9.17) is 4.74 Å². The van der Waals surface area contributed by atoms with E-state index in [1.165, 1.54) is 13.0 Å². The maximum atomic E-state index is 5.21. The molecule has 1 aromatic carbocycles. The van der Waals surface area contributed by atoms with E-state index < -0.39 is 0 Å². The van der Waals surface area contributed by atoms with Crippen LogP contribution in [0.2, 0.25) is 0 Å². The lowest BCUT2D eigenvalue weighted by atomic mass is 10.1. The minimum absolute atomic E-state index is 0.483. The zero-order valence-electron chi connectivity index (χ0n) is 17.2. The van der Waals surface area contributed by atoms with Crippen molar-refractivity contribution in [3.63, 3.8) is 0 Å². The van der Waals surface area contributed by atoms with Crippen molar-refractivity contribution in [1.29, 1.82) is 0 Å². The van der Waals surface area contributed by atoms with Gasteiger partial charge in [-0.05, 0) is 56.1 Å². The molecule has 1 aliphatic rings. The summed E-state index contributed by atoms with van der Waals surface area (Å²) in [6.45, 7) is 6.41. The summed E-state index contributed by atoms with van der Waals surface area (Å²) in [6.07, 6.45) is 5.52. The van der Waals surface area contributed by atoms with Crippen molar-refractivity contribution in [2.75, 3.05) is 33.8 Å². The van der Waals surface area contributed by atoms with Crippen molar-refractivity contribution in [1.82, 2.24) is 25.3 Å². The van der Waals surface area contributed by atoms with Crippen LogP contribution in [0.5, 0.6) is 5.75 Å². The number of aliphatic imine (C=N–C) groups is 1. The fourth-order valence-electron chi connectivity index (χ4n) is 3.51. The second kappa shape index (κ2) is 10.1. The number of piperidine rings is 1. The lowest BCUT2D eigenvalue weighted by Crippen LogP contribution is -2.48. The van der Waals surface area contributed by atoms with E-state index in [9.17, 15) is 0 Å². The van der Waals surface area contributed by atoms with Gasteiger partial charge in [0.15, 0.2) is 5.96 Å². The minimum Gasteiger partial charge on any atom is -0.497 e. The van der Waals surface area contributed by atoms with E-state index in [0.29, 0.717) is 12.6 Å². The third-order valence-electron chi connectivity index (χ3n) is 5.11. The Hall–Kier alpha value is -2.54. The fraction of sp³-hybridized carbons (Fsp3) is 0.524. The maximum absolute atomic E-state index is 5.21. The number of nitrogens with zero attached hydrogens (tertiary/aromatic N) is 4. The van der Waals surface area contributed by atoms with Crippen LogP contribution < -0.4 is 15.4 Å². The number of nitrogens with one attached hydrogen (secondary N) is 2. The maximum Gasteiger partial charge on any atom is 0.191 e. The van der Waals surface area contributed by atoms with Crippen molar-refractivity contribution in [3.05, 3.63) is 42.2 Å². The van der Waals surface area contributed by atoms with Crippen LogP contribution in [0.15, 0.2) is 41.5 Å². The van der Waals surface area contributed by atoms with Gasteiger partial charge in [-0.15, -0.1) is 0 Å². The van der Waals surface area contributed by atoms with Crippen LogP contribution in [0, 0.1) is 0 Å². The van der Waals surface area contributed by atoms with Crippen molar-refractivity contribution >= 4 is 5.96 Å². The van der Waals surface area contributed by atoms with Crippen molar-refractivity contribution in [3.8, 4) is 11.4 Å². The molecule has 0 unspecified atom stereocenters. The number of hydrogen-bond acceptors (Lipinski definition) is 4. The average Bonchev–Trinajstić information content (AvgIpc) is 3.21. The van der Waals surface area contributed by atoms with Gasteiger partial charge in [0, 0.05) is 32.4 Å². The molecule has 2 aromatic rings. The zero-order chi connectivity index (χ0) is 19.8. The van der Waals surface area contributed by atoms with Gasteiger partial charge in [-0.25, -0.2) is 4.68 Å². The highest BCUT2D eigenvalue weighted by molar-refractivity contribution is 5.79. The van der Waals surface area contributed by atoms with Crippen LogP contribution in [0.4, 0.5) is 0 Å². The molecule has 0 aliphatic carbocycles. The lowest BCUT2D eigenvalue weighted by Gasteiger charge is -2.32. The number of hydrogen-bond donors (Lipinski definition) is 2. The molecule has 1 fully saturated rings. The van der Waals surface area contributed by atoms with Gasteiger partial charge in [-0.3, -0.25) is 4.99 Å². The third-order valence-corrected chi connectivity index (χ3v) is 5.11. The highest BCUT2D eigenvalue weighted by atomic mass is 16.5. The summed E-state index contributed by atoms with van der Waals surface area (Å²) < 4.78 is 7.08. The molecule has 1 aliphatic heterocycles. The van der Waals surface area contributed by atoms with Gasteiger partial charge in [0.1, 0.15) is 5.75 Å². The predicted molar refractivity (Wildman–Crippen MR) is 113 cm³/mol. The standard InChI is InChI=1S/C21H32N6O/c1-4-12-26-13-9-17(10-14-26)24-21(22-2)23-16-18-11-15-27(25-18)19-5-7-20(28-3)8-6-19/h5-8,11,15,17H,4,9-10,12-14,16H2,1-3H3,(H2,22,23,24). The van der Waals surface area contributed by atoms with Gasteiger partial charge >= 0.3 is 0 Å². The normalized spacial score (nSPS) is 16.2.